The summed E-state index contributed by atoms with van der Waals surface area (Å²) in [6.07, 6.45) is 5.40. The number of carbonyl (C=O) groups excluding carboxylic acids is 1. The molecule has 1 rings (SSSR count). The second-order valence-electron chi connectivity index (χ2n) is 3.96. The molecule has 1 heterocycles. The molecule has 0 aliphatic rings. The molecule has 0 aliphatic heterocycles. The van der Waals surface area contributed by atoms with Gasteiger partial charge in [0.2, 0.25) is 5.91 Å². The third kappa shape index (κ3) is 5.94. The molecule has 0 aromatic carbocycles. The second kappa shape index (κ2) is 8.01. The third-order valence-corrected chi connectivity index (χ3v) is 4.00. The van der Waals surface area contributed by atoms with E-state index >= 15 is 0 Å². The van der Waals surface area contributed by atoms with E-state index in [9.17, 15) is 9.59 Å². The van der Waals surface area contributed by atoms with Gasteiger partial charge < -0.3 is 10.4 Å². The predicted octanol–water partition coefficient (Wildman–Crippen LogP) is 2.39. The minimum Gasteiger partial charge on any atom is -0.480 e. The molecule has 1 amide bonds. The molecule has 0 bridgehead atoms. The van der Waals surface area contributed by atoms with Gasteiger partial charge in [-0.15, -0.1) is 11.3 Å². The molecule has 0 radical (unpaired) electrons. The molecule has 2 N–H and O–H groups in total. The zero-order valence-electron chi connectivity index (χ0n) is 10.9. The molecule has 0 aliphatic carbocycles. The van der Waals surface area contributed by atoms with Crippen molar-refractivity contribution in [3.63, 3.8) is 0 Å². The first-order valence-electron chi connectivity index (χ1n) is 5.79. The lowest BCUT2D eigenvalue weighted by molar-refractivity contribution is -0.141. The first kappa shape index (κ1) is 15.8. The number of thiophene rings is 1. The van der Waals surface area contributed by atoms with Crippen LogP contribution in [0.2, 0.25) is 0 Å². The van der Waals surface area contributed by atoms with Crippen LogP contribution in [0.15, 0.2) is 18.2 Å². The number of rotatable bonds is 7. The molecule has 1 unspecified atom stereocenters. The monoisotopic (exact) mass is 299 g/mol. The van der Waals surface area contributed by atoms with E-state index in [0.29, 0.717) is 12.2 Å². The van der Waals surface area contributed by atoms with Crippen molar-refractivity contribution < 1.29 is 14.7 Å². The summed E-state index contributed by atoms with van der Waals surface area (Å²) in [6, 6.07) is 3.07. The number of amides is 1. The van der Waals surface area contributed by atoms with Crippen molar-refractivity contribution in [2.24, 2.45) is 0 Å². The fourth-order valence-electron chi connectivity index (χ4n) is 1.41. The molecule has 6 heteroatoms. The van der Waals surface area contributed by atoms with Crippen LogP contribution in [-0.4, -0.2) is 35.0 Å². The van der Waals surface area contributed by atoms with E-state index in [1.165, 1.54) is 11.0 Å². The van der Waals surface area contributed by atoms with Crippen LogP contribution in [-0.2, 0) is 9.59 Å². The Balaban J connectivity index is 2.52. The lowest BCUT2D eigenvalue weighted by Crippen LogP contribution is -2.40. The van der Waals surface area contributed by atoms with Crippen LogP contribution in [0.1, 0.15) is 16.2 Å². The van der Waals surface area contributed by atoms with Gasteiger partial charge in [0.25, 0.3) is 0 Å². The summed E-state index contributed by atoms with van der Waals surface area (Å²) in [7, 11) is 0. The zero-order chi connectivity index (χ0) is 14.3. The standard InChI is InChI=1S/C13H17NO3S2/c1-9-3-4-10(19-9)5-6-12(15)14-11(13(16)17)7-8-18-2/h3-6,11H,7-8H2,1-2H3,(H,14,15)(H,16,17)/b6-5+. The number of hydrogen-bond acceptors (Lipinski definition) is 4. The van der Waals surface area contributed by atoms with E-state index in [1.54, 1.807) is 29.2 Å². The van der Waals surface area contributed by atoms with Gasteiger partial charge in [0, 0.05) is 15.8 Å². The highest BCUT2D eigenvalue weighted by Gasteiger charge is 2.17. The molecule has 0 saturated heterocycles. The maximum absolute atomic E-state index is 11.6. The van der Waals surface area contributed by atoms with E-state index in [-0.39, 0.29) is 5.91 Å². The predicted molar refractivity (Wildman–Crippen MR) is 80.7 cm³/mol. The minimum absolute atomic E-state index is 0.375. The fourth-order valence-corrected chi connectivity index (χ4v) is 2.67. The van der Waals surface area contributed by atoms with Crippen molar-refractivity contribution in [3.05, 3.63) is 28.0 Å². The Hall–Kier alpha value is -1.27. The van der Waals surface area contributed by atoms with Gasteiger partial charge in [-0.05, 0) is 43.6 Å². The zero-order valence-corrected chi connectivity index (χ0v) is 12.5. The van der Waals surface area contributed by atoms with Crippen LogP contribution in [0.3, 0.4) is 0 Å². The Kier molecular flexibility index (Phi) is 6.66. The van der Waals surface area contributed by atoms with Crippen LogP contribution in [0.5, 0.6) is 0 Å². The van der Waals surface area contributed by atoms with Gasteiger partial charge in [-0.1, -0.05) is 0 Å². The van der Waals surface area contributed by atoms with Crippen LogP contribution < -0.4 is 5.32 Å². The number of hydrogen-bond donors (Lipinski definition) is 2. The smallest absolute Gasteiger partial charge is 0.326 e. The van der Waals surface area contributed by atoms with Crippen molar-refractivity contribution in [3.8, 4) is 0 Å². The van der Waals surface area contributed by atoms with Gasteiger partial charge in [0.1, 0.15) is 6.04 Å². The minimum atomic E-state index is -0.997. The average Bonchev–Trinajstić information content (AvgIpc) is 2.77. The lowest BCUT2D eigenvalue weighted by atomic mass is 10.2. The molecule has 0 saturated carbocycles. The van der Waals surface area contributed by atoms with Gasteiger partial charge in [0.05, 0.1) is 0 Å². The Bertz CT molecular complexity index is 468. The van der Waals surface area contributed by atoms with Crippen molar-refractivity contribution in [1.82, 2.24) is 5.32 Å². The van der Waals surface area contributed by atoms with Crippen LogP contribution in [0.25, 0.3) is 6.08 Å². The van der Waals surface area contributed by atoms with Crippen molar-refractivity contribution in [2.45, 2.75) is 19.4 Å². The topological polar surface area (TPSA) is 66.4 Å². The summed E-state index contributed by atoms with van der Waals surface area (Å²) < 4.78 is 0. The fraction of sp³-hybridized carbons (Fsp3) is 0.385. The molecule has 1 atom stereocenters. The molecule has 19 heavy (non-hydrogen) atoms. The summed E-state index contributed by atoms with van der Waals surface area (Å²) in [5.74, 6) is -0.673. The number of nitrogens with one attached hydrogen (secondary N) is 1. The SMILES string of the molecule is CSCCC(NC(=O)/C=C/c1ccc(C)s1)C(=O)O. The number of carbonyl (C=O) groups is 2. The Morgan fingerprint density at radius 2 is 2.26 bits per heavy atom. The summed E-state index contributed by atoms with van der Waals surface area (Å²) >= 11 is 3.14. The van der Waals surface area contributed by atoms with E-state index in [0.717, 1.165) is 4.88 Å². The van der Waals surface area contributed by atoms with E-state index < -0.39 is 12.0 Å². The number of aryl methyl sites for hydroxylation is 1. The third-order valence-electron chi connectivity index (χ3n) is 2.39. The highest BCUT2D eigenvalue weighted by molar-refractivity contribution is 7.98. The normalized spacial score (nSPS) is 12.5. The van der Waals surface area contributed by atoms with E-state index in [4.69, 9.17) is 5.11 Å². The maximum atomic E-state index is 11.6. The second-order valence-corrected chi connectivity index (χ2v) is 6.27. The molecular weight excluding hydrogens is 282 g/mol. The van der Waals surface area contributed by atoms with Gasteiger partial charge in [-0.25, -0.2) is 4.79 Å². The van der Waals surface area contributed by atoms with E-state index in [1.807, 2.05) is 25.3 Å². The molecule has 1 aromatic rings. The summed E-state index contributed by atoms with van der Waals surface area (Å²) in [5.41, 5.74) is 0. The molecule has 1 aromatic heterocycles. The maximum Gasteiger partial charge on any atom is 0.326 e. The average molecular weight is 299 g/mol. The summed E-state index contributed by atoms with van der Waals surface area (Å²) in [5, 5.41) is 11.5. The Morgan fingerprint density at radius 3 is 2.79 bits per heavy atom. The number of aliphatic carboxylic acids is 1. The number of carboxylic acids is 1. The molecule has 4 nitrogen and oxygen atoms in total. The van der Waals surface area contributed by atoms with Crippen molar-refractivity contribution >= 4 is 41.1 Å². The molecule has 104 valence electrons. The molecule has 0 fully saturated rings. The quantitative estimate of drug-likeness (QED) is 0.759. The molecule has 0 spiro atoms. The van der Waals surface area contributed by atoms with Gasteiger partial charge >= 0.3 is 5.97 Å². The van der Waals surface area contributed by atoms with Gasteiger partial charge in [0.15, 0.2) is 0 Å². The highest BCUT2D eigenvalue weighted by Crippen LogP contribution is 2.16. The largest absolute Gasteiger partial charge is 0.480 e. The van der Waals surface area contributed by atoms with Gasteiger partial charge in [-0.2, -0.15) is 11.8 Å². The number of carboxylic acid groups (broad SMARTS) is 1. The van der Waals surface area contributed by atoms with Gasteiger partial charge in [-0.3, -0.25) is 4.79 Å². The highest BCUT2D eigenvalue weighted by atomic mass is 32.2. The lowest BCUT2D eigenvalue weighted by Gasteiger charge is -2.12. The summed E-state index contributed by atoms with van der Waals surface area (Å²) in [6.45, 7) is 1.99. The van der Waals surface area contributed by atoms with Crippen LogP contribution >= 0.6 is 23.1 Å². The van der Waals surface area contributed by atoms with Crippen LogP contribution in [0.4, 0.5) is 0 Å². The Morgan fingerprint density at radius 1 is 1.53 bits per heavy atom. The number of thioether (sulfide) groups is 1. The summed E-state index contributed by atoms with van der Waals surface area (Å²) in [4.78, 5) is 24.8. The van der Waals surface area contributed by atoms with Crippen LogP contribution in [0, 0.1) is 6.92 Å². The van der Waals surface area contributed by atoms with E-state index in [2.05, 4.69) is 5.32 Å². The Labute approximate surface area is 120 Å². The first-order valence-corrected chi connectivity index (χ1v) is 8.00. The van der Waals surface area contributed by atoms with Crippen molar-refractivity contribution in [1.29, 1.82) is 0 Å². The first-order chi connectivity index (χ1) is 9.02. The molecular formula is C13H17NO3S2. The van der Waals surface area contributed by atoms with Crippen molar-refractivity contribution in [2.75, 3.05) is 12.0 Å².